The summed E-state index contributed by atoms with van der Waals surface area (Å²) in [6.45, 7) is 10.8. The van der Waals surface area contributed by atoms with Crippen molar-refractivity contribution >= 4 is 23.7 Å². The molecule has 3 heterocycles. The number of piperazine rings is 1. The number of hydrogen-bond donors (Lipinski definition) is 2. The van der Waals surface area contributed by atoms with Gasteiger partial charge in [0.05, 0.1) is 0 Å². The summed E-state index contributed by atoms with van der Waals surface area (Å²) in [6, 6.07) is 8.71. The number of imide groups is 1. The average Bonchev–Trinajstić information content (AvgIpc) is 3.10. The highest BCUT2D eigenvalue weighted by Gasteiger charge is 2.46. The lowest BCUT2D eigenvalue weighted by atomic mass is 9.85. The van der Waals surface area contributed by atoms with E-state index in [4.69, 9.17) is 4.98 Å². The molecule has 2 aliphatic rings. The van der Waals surface area contributed by atoms with Crippen molar-refractivity contribution in [2.75, 3.05) is 31.1 Å². The number of rotatable bonds is 5. The Labute approximate surface area is 194 Å². The van der Waals surface area contributed by atoms with Gasteiger partial charge in [0, 0.05) is 37.4 Å². The number of urea groups is 1. The fourth-order valence-corrected chi connectivity index (χ4v) is 4.74. The maximum atomic E-state index is 13.1. The minimum atomic E-state index is -1.07. The van der Waals surface area contributed by atoms with Crippen LogP contribution in [0.1, 0.15) is 52.5 Å². The van der Waals surface area contributed by atoms with Gasteiger partial charge in [-0.3, -0.25) is 14.9 Å². The monoisotopic (exact) mass is 449 g/mol. The molecule has 2 saturated heterocycles. The van der Waals surface area contributed by atoms with Gasteiger partial charge in [-0.2, -0.15) is 0 Å². The highest BCUT2D eigenvalue weighted by Crippen LogP contribution is 2.30. The summed E-state index contributed by atoms with van der Waals surface area (Å²) in [6.07, 6.45) is 1.22. The first-order valence-electron chi connectivity index (χ1n) is 11.5. The van der Waals surface area contributed by atoms with E-state index in [0.29, 0.717) is 30.6 Å². The molecule has 4 amide bonds. The Morgan fingerprint density at radius 1 is 1.03 bits per heavy atom. The third-order valence-corrected chi connectivity index (χ3v) is 6.69. The lowest BCUT2D eigenvalue weighted by molar-refractivity contribution is -0.124. The molecular formula is C25H31N5O3. The van der Waals surface area contributed by atoms with Gasteiger partial charge in [-0.1, -0.05) is 31.5 Å². The number of hydrogen-bond acceptors (Lipinski definition) is 5. The largest absolute Gasteiger partial charge is 0.353 e. The van der Waals surface area contributed by atoms with E-state index in [1.165, 1.54) is 5.56 Å². The van der Waals surface area contributed by atoms with Crippen LogP contribution in [-0.4, -0.2) is 53.9 Å². The SMILES string of the molecule is CCC[C@]1(c2ccc(C(=O)N3CCN(c4nc(C)c(C)cc4C)CC3)cc2)NC(=O)NC1=O. The lowest BCUT2D eigenvalue weighted by Gasteiger charge is -2.36. The number of pyridine rings is 1. The molecule has 0 aliphatic carbocycles. The van der Waals surface area contributed by atoms with Gasteiger partial charge in [-0.15, -0.1) is 0 Å². The van der Waals surface area contributed by atoms with Crippen molar-refractivity contribution in [3.63, 3.8) is 0 Å². The van der Waals surface area contributed by atoms with Crippen LogP contribution in [0.15, 0.2) is 30.3 Å². The molecule has 33 heavy (non-hydrogen) atoms. The molecule has 4 rings (SSSR count). The van der Waals surface area contributed by atoms with E-state index in [9.17, 15) is 14.4 Å². The summed E-state index contributed by atoms with van der Waals surface area (Å²) < 4.78 is 0. The summed E-state index contributed by atoms with van der Waals surface area (Å²) in [5, 5.41) is 5.11. The van der Waals surface area contributed by atoms with E-state index < -0.39 is 11.6 Å². The van der Waals surface area contributed by atoms with Crippen LogP contribution in [0.2, 0.25) is 0 Å². The number of aryl methyl sites for hydroxylation is 3. The van der Waals surface area contributed by atoms with Crippen molar-refractivity contribution in [3.8, 4) is 0 Å². The molecule has 0 spiro atoms. The van der Waals surface area contributed by atoms with E-state index in [-0.39, 0.29) is 11.8 Å². The molecule has 0 saturated carbocycles. The summed E-state index contributed by atoms with van der Waals surface area (Å²) >= 11 is 0. The van der Waals surface area contributed by atoms with E-state index in [1.807, 2.05) is 18.7 Å². The molecular weight excluding hydrogens is 418 g/mol. The zero-order chi connectivity index (χ0) is 23.8. The molecule has 2 aromatic rings. The van der Waals surface area contributed by atoms with Crippen molar-refractivity contribution < 1.29 is 14.4 Å². The van der Waals surface area contributed by atoms with Crippen molar-refractivity contribution in [2.24, 2.45) is 0 Å². The van der Waals surface area contributed by atoms with Crippen LogP contribution in [0.5, 0.6) is 0 Å². The predicted molar refractivity (Wildman–Crippen MR) is 126 cm³/mol. The normalized spacial score (nSPS) is 20.6. The second-order valence-corrected chi connectivity index (χ2v) is 8.95. The molecule has 2 fully saturated rings. The molecule has 1 atom stereocenters. The van der Waals surface area contributed by atoms with E-state index in [2.05, 4.69) is 35.4 Å². The quantitative estimate of drug-likeness (QED) is 0.685. The van der Waals surface area contributed by atoms with Crippen molar-refractivity contribution in [2.45, 2.75) is 46.1 Å². The highest BCUT2D eigenvalue weighted by molar-refractivity contribution is 6.07. The number of amides is 4. The summed E-state index contributed by atoms with van der Waals surface area (Å²) in [5.74, 6) is 0.614. The zero-order valence-electron chi connectivity index (χ0n) is 19.7. The van der Waals surface area contributed by atoms with Crippen molar-refractivity contribution in [1.29, 1.82) is 0 Å². The fourth-order valence-electron chi connectivity index (χ4n) is 4.74. The Bertz CT molecular complexity index is 1090. The minimum absolute atomic E-state index is 0.0320. The summed E-state index contributed by atoms with van der Waals surface area (Å²) in [5.41, 5.74) is 3.55. The number of anilines is 1. The molecule has 1 aromatic heterocycles. The van der Waals surface area contributed by atoms with Crippen LogP contribution >= 0.6 is 0 Å². The number of carbonyl (C=O) groups is 3. The maximum absolute atomic E-state index is 13.1. The number of carbonyl (C=O) groups excluding carboxylic acids is 3. The van der Waals surface area contributed by atoms with Crippen LogP contribution < -0.4 is 15.5 Å². The standard InChI is InChI=1S/C25H31N5O3/c1-5-10-25(23(32)27-24(33)28-25)20-8-6-19(7-9-20)22(31)30-13-11-29(12-14-30)21-17(3)15-16(2)18(4)26-21/h6-9,15H,5,10-14H2,1-4H3,(H2,27,28,32,33)/t25-/m1/s1. The first kappa shape index (κ1) is 22.8. The number of nitrogens with one attached hydrogen (secondary N) is 2. The van der Waals surface area contributed by atoms with E-state index >= 15 is 0 Å². The Hall–Kier alpha value is -3.42. The van der Waals surface area contributed by atoms with Gasteiger partial charge in [0.1, 0.15) is 11.4 Å². The molecule has 8 nitrogen and oxygen atoms in total. The third-order valence-electron chi connectivity index (χ3n) is 6.69. The Morgan fingerprint density at radius 2 is 1.70 bits per heavy atom. The van der Waals surface area contributed by atoms with E-state index in [0.717, 1.165) is 36.6 Å². The van der Waals surface area contributed by atoms with Crippen LogP contribution in [0.3, 0.4) is 0 Å². The molecule has 1 aromatic carbocycles. The van der Waals surface area contributed by atoms with Gasteiger partial charge in [-0.25, -0.2) is 9.78 Å². The van der Waals surface area contributed by atoms with Gasteiger partial charge >= 0.3 is 6.03 Å². The van der Waals surface area contributed by atoms with Crippen LogP contribution in [-0.2, 0) is 10.3 Å². The topological polar surface area (TPSA) is 94.6 Å². The first-order valence-corrected chi connectivity index (χ1v) is 11.5. The summed E-state index contributed by atoms with van der Waals surface area (Å²) in [7, 11) is 0. The van der Waals surface area contributed by atoms with Crippen LogP contribution in [0, 0.1) is 20.8 Å². The Balaban J connectivity index is 1.45. The second kappa shape index (κ2) is 8.84. The zero-order valence-corrected chi connectivity index (χ0v) is 19.7. The molecule has 2 aliphatic heterocycles. The highest BCUT2D eigenvalue weighted by atomic mass is 16.2. The number of aromatic nitrogens is 1. The number of nitrogens with zero attached hydrogens (tertiary/aromatic N) is 3. The Kier molecular flexibility index (Phi) is 6.10. The van der Waals surface area contributed by atoms with E-state index in [1.54, 1.807) is 24.3 Å². The predicted octanol–water partition coefficient (Wildman–Crippen LogP) is 2.80. The molecule has 8 heteroatoms. The molecule has 0 unspecified atom stereocenters. The van der Waals surface area contributed by atoms with Gasteiger partial charge in [-0.05, 0) is 56.0 Å². The smallest absolute Gasteiger partial charge is 0.322 e. The first-order chi connectivity index (χ1) is 15.7. The van der Waals surface area contributed by atoms with Crippen LogP contribution in [0.25, 0.3) is 0 Å². The van der Waals surface area contributed by atoms with Gasteiger partial charge in [0.2, 0.25) is 0 Å². The van der Waals surface area contributed by atoms with Gasteiger partial charge < -0.3 is 15.1 Å². The fraction of sp³-hybridized carbons (Fsp3) is 0.440. The Morgan fingerprint density at radius 3 is 2.27 bits per heavy atom. The lowest BCUT2D eigenvalue weighted by Crippen LogP contribution is -2.49. The molecule has 0 radical (unpaired) electrons. The second-order valence-electron chi connectivity index (χ2n) is 8.95. The van der Waals surface area contributed by atoms with Crippen LogP contribution in [0.4, 0.5) is 10.6 Å². The van der Waals surface area contributed by atoms with Gasteiger partial charge in [0.25, 0.3) is 11.8 Å². The molecule has 2 N–H and O–H groups in total. The number of benzene rings is 1. The molecule has 174 valence electrons. The molecule has 0 bridgehead atoms. The maximum Gasteiger partial charge on any atom is 0.322 e. The van der Waals surface area contributed by atoms with Crippen molar-refractivity contribution in [1.82, 2.24) is 20.5 Å². The average molecular weight is 450 g/mol. The van der Waals surface area contributed by atoms with Gasteiger partial charge in [0.15, 0.2) is 0 Å². The summed E-state index contributed by atoms with van der Waals surface area (Å²) in [4.78, 5) is 46.2. The minimum Gasteiger partial charge on any atom is -0.353 e. The van der Waals surface area contributed by atoms with Crippen molar-refractivity contribution in [3.05, 3.63) is 58.3 Å². The third kappa shape index (κ3) is 4.17.